The minimum atomic E-state index is -0.522. The lowest BCUT2D eigenvalue weighted by Crippen LogP contribution is -2.29. The van der Waals surface area contributed by atoms with Crippen LogP contribution in [0.5, 0.6) is 0 Å². The number of carbonyl (C=O) groups is 2. The van der Waals surface area contributed by atoms with Gasteiger partial charge < -0.3 is 14.6 Å². The standard InChI is InChI=1S/C14H13N3O4S/c1-2-7-15-11(18)9-20-13(19)6-5-12-16-14(17-21-12)10-4-3-8-22-10/h1,3-4,8H,5-7,9H2,(H,15,18). The number of esters is 1. The van der Waals surface area contributed by atoms with Crippen LogP contribution in [0.1, 0.15) is 12.3 Å². The summed E-state index contributed by atoms with van der Waals surface area (Å²) in [5.74, 6) is 2.12. The molecular weight excluding hydrogens is 306 g/mol. The zero-order valence-electron chi connectivity index (χ0n) is 11.6. The number of amides is 1. The number of aromatic nitrogens is 2. The summed E-state index contributed by atoms with van der Waals surface area (Å²) >= 11 is 1.50. The zero-order valence-corrected chi connectivity index (χ0v) is 12.4. The summed E-state index contributed by atoms with van der Waals surface area (Å²) in [6.45, 7) is -0.255. The maximum absolute atomic E-state index is 11.5. The highest BCUT2D eigenvalue weighted by molar-refractivity contribution is 7.13. The lowest BCUT2D eigenvalue weighted by Gasteiger charge is -2.03. The Balaban J connectivity index is 1.73. The average Bonchev–Trinajstić information content (AvgIpc) is 3.19. The predicted molar refractivity (Wildman–Crippen MR) is 78.7 cm³/mol. The van der Waals surface area contributed by atoms with Crippen molar-refractivity contribution >= 4 is 23.2 Å². The van der Waals surface area contributed by atoms with Crippen molar-refractivity contribution in [1.29, 1.82) is 0 Å². The third-order valence-electron chi connectivity index (χ3n) is 2.50. The molecule has 114 valence electrons. The van der Waals surface area contributed by atoms with Crippen molar-refractivity contribution in [3.63, 3.8) is 0 Å². The Labute approximate surface area is 130 Å². The Morgan fingerprint density at radius 3 is 3.09 bits per heavy atom. The molecule has 7 nitrogen and oxygen atoms in total. The third-order valence-corrected chi connectivity index (χ3v) is 3.37. The first-order valence-electron chi connectivity index (χ1n) is 6.41. The van der Waals surface area contributed by atoms with Gasteiger partial charge in [-0.05, 0) is 11.4 Å². The molecule has 2 aromatic heterocycles. The van der Waals surface area contributed by atoms with Gasteiger partial charge in [-0.2, -0.15) is 4.98 Å². The van der Waals surface area contributed by atoms with Crippen LogP contribution >= 0.6 is 11.3 Å². The van der Waals surface area contributed by atoms with Crippen LogP contribution in [0.15, 0.2) is 22.0 Å². The van der Waals surface area contributed by atoms with Crippen LogP contribution < -0.4 is 5.32 Å². The van der Waals surface area contributed by atoms with Crippen molar-refractivity contribution in [2.45, 2.75) is 12.8 Å². The second kappa shape index (κ2) is 7.95. The third kappa shape index (κ3) is 4.71. The molecule has 0 aliphatic carbocycles. The van der Waals surface area contributed by atoms with Gasteiger partial charge in [-0.1, -0.05) is 17.1 Å². The molecule has 0 fully saturated rings. The van der Waals surface area contributed by atoms with E-state index in [4.69, 9.17) is 15.7 Å². The van der Waals surface area contributed by atoms with E-state index in [-0.39, 0.29) is 26.0 Å². The number of hydrogen-bond acceptors (Lipinski definition) is 7. The van der Waals surface area contributed by atoms with E-state index in [1.54, 1.807) is 0 Å². The average molecular weight is 319 g/mol. The summed E-state index contributed by atoms with van der Waals surface area (Å²) in [4.78, 5) is 27.8. The molecular formula is C14H13N3O4S. The highest BCUT2D eigenvalue weighted by Crippen LogP contribution is 2.21. The van der Waals surface area contributed by atoms with Crippen molar-refractivity contribution in [1.82, 2.24) is 15.5 Å². The fraction of sp³-hybridized carbons (Fsp3) is 0.286. The van der Waals surface area contributed by atoms with E-state index in [1.165, 1.54) is 11.3 Å². The molecule has 0 bridgehead atoms. The molecule has 0 unspecified atom stereocenters. The van der Waals surface area contributed by atoms with Gasteiger partial charge in [0.15, 0.2) is 6.61 Å². The van der Waals surface area contributed by atoms with Gasteiger partial charge >= 0.3 is 5.97 Å². The summed E-state index contributed by atoms with van der Waals surface area (Å²) < 4.78 is 9.85. The Hall–Kier alpha value is -2.66. The number of nitrogens with zero attached hydrogens (tertiary/aromatic N) is 2. The van der Waals surface area contributed by atoms with E-state index in [1.807, 2.05) is 17.5 Å². The first-order valence-corrected chi connectivity index (χ1v) is 7.29. The predicted octanol–water partition coefficient (Wildman–Crippen LogP) is 1.02. The number of thiophene rings is 1. The molecule has 1 amide bonds. The molecule has 0 aliphatic rings. The summed E-state index contributed by atoms with van der Waals surface area (Å²) in [6.07, 6.45) is 5.29. The summed E-state index contributed by atoms with van der Waals surface area (Å²) in [5, 5.41) is 8.13. The number of ether oxygens (including phenoxy) is 1. The van der Waals surface area contributed by atoms with Crippen molar-refractivity contribution < 1.29 is 18.8 Å². The number of carbonyl (C=O) groups excluding carboxylic acids is 2. The highest BCUT2D eigenvalue weighted by Gasteiger charge is 2.12. The monoisotopic (exact) mass is 319 g/mol. The van der Waals surface area contributed by atoms with E-state index in [0.29, 0.717) is 11.7 Å². The summed E-state index contributed by atoms with van der Waals surface area (Å²) in [7, 11) is 0. The SMILES string of the molecule is C#CCNC(=O)COC(=O)CCc1nc(-c2cccs2)no1. The van der Waals surface area contributed by atoms with Gasteiger partial charge in [0, 0.05) is 6.42 Å². The van der Waals surface area contributed by atoms with Crippen LogP contribution in [0.25, 0.3) is 10.7 Å². The van der Waals surface area contributed by atoms with Crippen LogP contribution in [0.2, 0.25) is 0 Å². The van der Waals surface area contributed by atoms with Crippen LogP contribution in [0, 0.1) is 12.3 Å². The van der Waals surface area contributed by atoms with E-state index < -0.39 is 11.9 Å². The second-order valence-corrected chi connectivity index (χ2v) is 5.08. The van der Waals surface area contributed by atoms with Crippen molar-refractivity contribution in [3.05, 3.63) is 23.4 Å². The van der Waals surface area contributed by atoms with Crippen LogP contribution in [0.4, 0.5) is 0 Å². The van der Waals surface area contributed by atoms with Gasteiger partial charge in [-0.3, -0.25) is 9.59 Å². The van der Waals surface area contributed by atoms with Crippen molar-refractivity contribution in [3.8, 4) is 23.0 Å². The van der Waals surface area contributed by atoms with E-state index in [9.17, 15) is 9.59 Å². The quantitative estimate of drug-likeness (QED) is 0.605. The molecule has 0 spiro atoms. The van der Waals surface area contributed by atoms with Gasteiger partial charge in [0.1, 0.15) is 0 Å². The highest BCUT2D eigenvalue weighted by atomic mass is 32.1. The maximum Gasteiger partial charge on any atom is 0.306 e. The van der Waals surface area contributed by atoms with E-state index >= 15 is 0 Å². The molecule has 0 saturated heterocycles. The molecule has 2 heterocycles. The number of terminal acetylenes is 1. The Morgan fingerprint density at radius 2 is 2.36 bits per heavy atom. The van der Waals surface area contributed by atoms with E-state index in [2.05, 4.69) is 21.4 Å². The Bertz CT molecular complexity index is 673. The molecule has 0 saturated carbocycles. The van der Waals surface area contributed by atoms with Gasteiger partial charge in [-0.15, -0.1) is 17.8 Å². The molecule has 0 radical (unpaired) electrons. The maximum atomic E-state index is 11.5. The molecule has 2 rings (SSSR count). The van der Waals surface area contributed by atoms with Crippen LogP contribution in [-0.2, 0) is 20.7 Å². The van der Waals surface area contributed by atoms with Gasteiger partial charge in [0.25, 0.3) is 5.91 Å². The smallest absolute Gasteiger partial charge is 0.306 e. The molecule has 22 heavy (non-hydrogen) atoms. The van der Waals surface area contributed by atoms with Crippen LogP contribution in [0.3, 0.4) is 0 Å². The lowest BCUT2D eigenvalue weighted by molar-refractivity contribution is -0.148. The molecule has 1 N–H and O–H groups in total. The van der Waals surface area contributed by atoms with E-state index in [0.717, 1.165) is 4.88 Å². The summed E-state index contributed by atoms with van der Waals surface area (Å²) in [5.41, 5.74) is 0. The molecule has 8 heteroatoms. The first kappa shape index (κ1) is 15.7. The number of hydrogen-bond donors (Lipinski definition) is 1. The molecule has 0 atom stereocenters. The minimum absolute atomic E-state index is 0.0501. The Kier molecular flexibility index (Phi) is 5.68. The van der Waals surface area contributed by atoms with Crippen molar-refractivity contribution in [2.75, 3.05) is 13.2 Å². The van der Waals surface area contributed by atoms with Gasteiger partial charge in [-0.25, -0.2) is 0 Å². The second-order valence-electron chi connectivity index (χ2n) is 4.13. The zero-order chi connectivity index (χ0) is 15.8. The number of rotatable bonds is 7. The molecule has 0 aliphatic heterocycles. The topological polar surface area (TPSA) is 94.3 Å². The van der Waals surface area contributed by atoms with Crippen molar-refractivity contribution in [2.24, 2.45) is 0 Å². The first-order chi connectivity index (χ1) is 10.7. The fourth-order valence-corrected chi connectivity index (χ4v) is 2.14. The number of nitrogens with one attached hydrogen (secondary N) is 1. The normalized spacial score (nSPS) is 9.95. The number of aryl methyl sites for hydroxylation is 1. The molecule has 0 aromatic carbocycles. The van der Waals surface area contributed by atoms with Crippen LogP contribution in [-0.4, -0.2) is 35.2 Å². The largest absolute Gasteiger partial charge is 0.456 e. The summed E-state index contributed by atoms with van der Waals surface area (Å²) in [6, 6.07) is 3.76. The molecule has 2 aromatic rings. The minimum Gasteiger partial charge on any atom is -0.456 e. The van der Waals surface area contributed by atoms with Gasteiger partial charge in [0.2, 0.25) is 11.7 Å². The van der Waals surface area contributed by atoms with Gasteiger partial charge in [0.05, 0.1) is 17.8 Å². The fourth-order valence-electron chi connectivity index (χ4n) is 1.49. The Morgan fingerprint density at radius 1 is 1.50 bits per heavy atom. The lowest BCUT2D eigenvalue weighted by atomic mass is 10.3.